The first-order valence-electron chi connectivity index (χ1n) is 5.55. The van der Waals surface area contributed by atoms with Gasteiger partial charge in [0.1, 0.15) is 0 Å². The average Bonchev–Trinajstić information content (AvgIpc) is 2.66. The molecule has 0 spiro atoms. The summed E-state index contributed by atoms with van der Waals surface area (Å²) >= 11 is 2.06. The van der Waals surface area contributed by atoms with Gasteiger partial charge in [0.25, 0.3) is 0 Å². The van der Waals surface area contributed by atoms with Crippen molar-refractivity contribution in [2.24, 2.45) is 0 Å². The van der Waals surface area contributed by atoms with E-state index in [1.807, 2.05) is 18.5 Å². The summed E-state index contributed by atoms with van der Waals surface area (Å²) in [4.78, 5) is 4.15. The first kappa shape index (κ1) is 11.0. The van der Waals surface area contributed by atoms with Crippen molar-refractivity contribution in [3.63, 3.8) is 0 Å². The van der Waals surface area contributed by atoms with Crippen molar-refractivity contribution < 1.29 is 0 Å². The summed E-state index contributed by atoms with van der Waals surface area (Å²) in [6.07, 6.45) is 5.06. The van der Waals surface area contributed by atoms with E-state index in [0.29, 0.717) is 12.1 Å². The van der Waals surface area contributed by atoms with Crippen molar-refractivity contribution in [1.82, 2.24) is 10.3 Å². The SMILES string of the molecule is CC1SCCC1N[C@H](C)c1cccnc1. The third kappa shape index (κ3) is 2.73. The fourth-order valence-electron chi connectivity index (χ4n) is 2.00. The molecule has 3 heteroatoms. The van der Waals surface area contributed by atoms with Gasteiger partial charge < -0.3 is 5.32 Å². The van der Waals surface area contributed by atoms with E-state index in [2.05, 4.69) is 42.0 Å². The van der Waals surface area contributed by atoms with Crippen molar-refractivity contribution in [3.05, 3.63) is 30.1 Å². The van der Waals surface area contributed by atoms with Crippen LogP contribution in [0, 0.1) is 0 Å². The van der Waals surface area contributed by atoms with Crippen molar-refractivity contribution in [2.75, 3.05) is 5.75 Å². The number of rotatable bonds is 3. The van der Waals surface area contributed by atoms with Crippen LogP contribution in [0.15, 0.2) is 24.5 Å². The summed E-state index contributed by atoms with van der Waals surface area (Å²) in [5.74, 6) is 1.29. The van der Waals surface area contributed by atoms with Gasteiger partial charge in [0.15, 0.2) is 0 Å². The molecule has 1 aromatic heterocycles. The number of hydrogen-bond donors (Lipinski definition) is 1. The van der Waals surface area contributed by atoms with Gasteiger partial charge in [-0.1, -0.05) is 13.0 Å². The molecule has 0 aliphatic carbocycles. The second kappa shape index (κ2) is 4.99. The highest BCUT2D eigenvalue weighted by atomic mass is 32.2. The first-order chi connectivity index (χ1) is 7.27. The molecule has 82 valence electrons. The Bertz CT molecular complexity index is 302. The van der Waals surface area contributed by atoms with Crippen LogP contribution in [0.1, 0.15) is 31.9 Å². The average molecular weight is 222 g/mol. The Morgan fingerprint density at radius 3 is 3.07 bits per heavy atom. The normalized spacial score (nSPS) is 27.9. The second-order valence-corrected chi connectivity index (χ2v) is 5.63. The summed E-state index contributed by atoms with van der Waals surface area (Å²) in [5, 5.41) is 4.42. The zero-order valence-electron chi connectivity index (χ0n) is 9.31. The molecule has 0 radical (unpaired) electrons. The van der Waals surface area contributed by atoms with Crippen LogP contribution in [0.5, 0.6) is 0 Å². The molecule has 15 heavy (non-hydrogen) atoms. The van der Waals surface area contributed by atoms with E-state index < -0.39 is 0 Å². The maximum atomic E-state index is 4.15. The van der Waals surface area contributed by atoms with Crippen molar-refractivity contribution in [3.8, 4) is 0 Å². The predicted molar refractivity (Wildman–Crippen MR) is 66.1 cm³/mol. The third-order valence-electron chi connectivity index (χ3n) is 3.02. The van der Waals surface area contributed by atoms with Crippen LogP contribution < -0.4 is 5.32 Å². The van der Waals surface area contributed by atoms with Gasteiger partial charge in [-0.25, -0.2) is 0 Å². The summed E-state index contributed by atoms with van der Waals surface area (Å²) < 4.78 is 0. The largest absolute Gasteiger partial charge is 0.306 e. The molecule has 2 unspecified atom stereocenters. The monoisotopic (exact) mass is 222 g/mol. The topological polar surface area (TPSA) is 24.9 Å². The lowest BCUT2D eigenvalue weighted by Gasteiger charge is -2.22. The number of nitrogens with zero attached hydrogens (tertiary/aromatic N) is 1. The Hall–Kier alpha value is -0.540. The molecular weight excluding hydrogens is 204 g/mol. The minimum atomic E-state index is 0.407. The summed E-state index contributed by atoms with van der Waals surface area (Å²) in [6.45, 7) is 4.53. The van der Waals surface area contributed by atoms with Gasteiger partial charge in [-0.2, -0.15) is 11.8 Å². The van der Waals surface area contributed by atoms with Crippen LogP contribution in [-0.2, 0) is 0 Å². The van der Waals surface area contributed by atoms with Gasteiger partial charge >= 0.3 is 0 Å². The van der Waals surface area contributed by atoms with Crippen LogP contribution in [0.2, 0.25) is 0 Å². The van der Waals surface area contributed by atoms with Gasteiger partial charge in [0.05, 0.1) is 0 Å². The Labute approximate surface area is 95.9 Å². The highest BCUT2D eigenvalue weighted by molar-refractivity contribution is 8.00. The molecule has 3 atom stereocenters. The van der Waals surface area contributed by atoms with Gasteiger partial charge in [0, 0.05) is 29.7 Å². The lowest BCUT2D eigenvalue weighted by molar-refractivity contribution is 0.453. The van der Waals surface area contributed by atoms with Crippen LogP contribution in [0.25, 0.3) is 0 Å². The molecule has 1 aliphatic rings. The highest BCUT2D eigenvalue weighted by Gasteiger charge is 2.25. The van der Waals surface area contributed by atoms with E-state index in [9.17, 15) is 0 Å². The van der Waals surface area contributed by atoms with E-state index in [4.69, 9.17) is 0 Å². The molecule has 1 saturated heterocycles. The lowest BCUT2D eigenvalue weighted by atomic mass is 10.1. The fourth-order valence-corrected chi connectivity index (χ4v) is 3.21. The van der Waals surface area contributed by atoms with Gasteiger partial charge in [0.2, 0.25) is 0 Å². The van der Waals surface area contributed by atoms with E-state index in [1.54, 1.807) is 0 Å². The third-order valence-corrected chi connectivity index (χ3v) is 4.35. The van der Waals surface area contributed by atoms with Crippen LogP contribution in [0.4, 0.5) is 0 Å². The van der Waals surface area contributed by atoms with Crippen molar-refractivity contribution in [2.45, 2.75) is 37.6 Å². The minimum absolute atomic E-state index is 0.407. The van der Waals surface area contributed by atoms with Gasteiger partial charge in [-0.05, 0) is 30.7 Å². The van der Waals surface area contributed by atoms with E-state index in [1.165, 1.54) is 17.7 Å². The maximum absolute atomic E-state index is 4.15. The number of nitrogens with one attached hydrogen (secondary N) is 1. The molecule has 1 fully saturated rings. The quantitative estimate of drug-likeness (QED) is 0.851. The van der Waals surface area contributed by atoms with Crippen molar-refractivity contribution in [1.29, 1.82) is 0 Å². The van der Waals surface area contributed by atoms with Crippen LogP contribution in [0.3, 0.4) is 0 Å². The van der Waals surface area contributed by atoms with Crippen LogP contribution in [-0.4, -0.2) is 22.0 Å². The molecular formula is C12H18N2S. The first-order valence-corrected chi connectivity index (χ1v) is 6.60. The van der Waals surface area contributed by atoms with Crippen LogP contribution >= 0.6 is 11.8 Å². The van der Waals surface area contributed by atoms with E-state index >= 15 is 0 Å². The number of pyridine rings is 1. The summed E-state index contributed by atoms with van der Waals surface area (Å²) in [6, 6.07) is 5.20. The summed E-state index contributed by atoms with van der Waals surface area (Å²) in [5.41, 5.74) is 1.28. The minimum Gasteiger partial charge on any atom is -0.306 e. The zero-order valence-corrected chi connectivity index (χ0v) is 10.1. The second-order valence-electron chi connectivity index (χ2n) is 4.15. The zero-order chi connectivity index (χ0) is 10.7. The number of aromatic nitrogens is 1. The number of thioether (sulfide) groups is 1. The molecule has 1 aromatic rings. The Morgan fingerprint density at radius 2 is 2.47 bits per heavy atom. The van der Waals surface area contributed by atoms with E-state index in [0.717, 1.165) is 5.25 Å². The predicted octanol–water partition coefficient (Wildman–Crippen LogP) is 2.63. The Balaban J connectivity index is 1.95. The molecule has 0 bridgehead atoms. The Morgan fingerprint density at radius 1 is 1.60 bits per heavy atom. The molecule has 2 heterocycles. The smallest absolute Gasteiger partial charge is 0.0315 e. The van der Waals surface area contributed by atoms with Gasteiger partial charge in [-0.15, -0.1) is 0 Å². The highest BCUT2D eigenvalue weighted by Crippen LogP contribution is 2.28. The van der Waals surface area contributed by atoms with E-state index in [-0.39, 0.29) is 0 Å². The maximum Gasteiger partial charge on any atom is 0.0315 e. The molecule has 2 nitrogen and oxygen atoms in total. The fraction of sp³-hybridized carbons (Fsp3) is 0.583. The molecule has 0 saturated carbocycles. The van der Waals surface area contributed by atoms with Gasteiger partial charge in [-0.3, -0.25) is 4.98 Å². The lowest BCUT2D eigenvalue weighted by Crippen LogP contribution is -2.35. The molecule has 0 aromatic carbocycles. The molecule has 1 aliphatic heterocycles. The molecule has 1 N–H and O–H groups in total. The molecule has 0 amide bonds. The standard InChI is InChI=1S/C12H18N2S/c1-9(11-4-3-6-13-8-11)14-12-5-7-15-10(12)2/h3-4,6,8-10,12,14H,5,7H2,1-2H3/t9-,10?,12?/m1/s1. The molecule has 2 rings (SSSR count). The number of hydrogen-bond acceptors (Lipinski definition) is 3. The summed E-state index contributed by atoms with van der Waals surface area (Å²) in [7, 11) is 0. The Kier molecular flexibility index (Phi) is 3.65. The van der Waals surface area contributed by atoms with Crippen molar-refractivity contribution >= 4 is 11.8 Å².